The Morgan fingerprint density at radius 2 is 1.84 bits per heavy atom. The van der Waals surface area contributed by atoms with E-state index < -0.39 is 5.97 Å². The highest BCUT2D eigenvalue weighted by Gasteiger charge is 2.07. The molecule has 0 heterocycles. The summed E-state index contributed by atoms with van der Waals surface area (Å²) in [6.45, 7) is 1.67. The minimum atomic E-state index is -0.958. The normalized spacial score (nSPS) is 10.2. The summed E-state index contributed by atoms with van der Waals surface area (Å²) in [7, 11) is 0. The van der Waals surface area contributed by atoms with Crippen LogP contribution < -0.4 is 5.73 Å². The second-order valence-electron chi connectivity index (χ2n) is 4.31. The van der Waals surface area contributed by atoms with Gasteiger partial charge in [-0.15, -0.1) is 0 Å². The lowest BCUT2D eigenvalue weighted by Gasteiger charge is -2.08. The number of aromatic carboxylic acids is 1. The van der Waals surface area contributed by atoms with Crippen LogP contribution in [0.3, 0.4) is 0 Å². The first-order valence-corrected chi connectivity index (χ1v) is 5.78. The van der Waals surface area contributed by atoms with Crippen LogP contribution in [0.5, 0.6) is 0 Å². The van der Waals surface area contributed by atoms with E-state index in [1.165, 1.54) is 0 Å². The molecule has 0 aliphatic carbocycles. The predicted molar refractivity (Wildman–Crippen MR) is 75.8 cm³/mol. The maximum Gasteiger partial charge on any atom is 0.335 e. The monoisotopic (exact) mass is 254 g/mol. The number of rotatable bonds is 3. The van der Waals surface area contributed by atoms with E-state index in [-0.39, 0.29) is 5.56 Å². The molecule has 0 aromatic heterocycles. The van der Waals surface area contributed by atoms with E-state index in [0.29, 0.717) is 17.0 Å². The SMILES string of the molecule is CC(=N)c1cc(-c2cccc(C(=O)O)c2)ccc1N. The lowest BCUT2D eigenvalue weighted by Crippen LogP contribution is -2.00. The Hall–Kier alpha value is -2.62. The van der Waals surface area contributed by atoms with Crippen molar-refractivity contribution in [1.82, 2.24) is 0 Å². The molecule has 0 bridgehead atoms. The molecule has 0 fully saturated rings. The minimum absolute atomic E-state index is 0.238. The summed E-state index contributed by atoms with van der Waals surface area (Å²) < 4.78 is 0. The molecule has 0 saturated carbocycles. The lowest BCUT2D eigenvalue weighted by atomic mass is 9.98. The fourth-order valence-corrected chi connectivity index (χ4v) is 1.89. The van der Waals surface area contributed by atoms with Crippen LogP contribution in [0.2, 0.25) is 0 Å². The summed E-state index contributed by atoms with van der Waals surface area (Å²) in [6.07, 6.45) is 0. The Kier molecular flexibility index (Phi) is 3.33. The summed E-state index contributed by atoms with van der Waals surface area (Å²) >= 11 is 0. The molecule has 4 heteroatoms. The molecule has 0 saturated heterocycles. The molecule has 19 heavy (non-hydrogen) atoms. The van der Waals surface area contributed by atoms with Gasteiger partial charge in [0.2, 0.25) is 0 Å². The third kappa shape index (κ3) is 2.63. The van der Waals surface area contributed by atoms with Crippen molar-refractivity contribution in [3.63, 3.8) is 0 Å². The summed E-state index contributed by atoms with van der Waals surface area (Å²) in [5.74, 6) is -0.958. The van der Waals surface area contributed by atoms with Crippen molar-refractivity contribution in [2.45, 2.75) is 6.92 Å². The van der Waals surface area contributed by atoms with E-state index in [1.807, 2.05) is 12.1 Å². The van der Waals surface area contributed by atoms with Crippen LogP contribution in [-0.2, 0) is 0 Å². The number of nitrogens with one attached hydrogen (secondary N) is 1. The molecule has 0 amide bonds. The van der Waals surface area contributed by atoms with Crippen LogP contribution in [0.25, 0.3) is 11.1 Å². The number of hydrogen-bond donors (Lipinski definition) is 3. The number of carboxylic acid groups (broad SMARTS) is 1. The second kappa shape index (κ2) is 4.94. The van der Waals surface area contributed by atoms with Crippen molar-refractivity contribution < 1.29 is 9.90 Å². The Bertz CT molecular complexity index is 663. The molecular weight excluding hydrogens is 240 g/mol. The smallest absolute Gasteiger partial charge is 0.335 e. The lowest BCUT2D eigenvalue weighted by molar-refractivity contribution is 0.0697. The highest BCUT2D eigenvalue weighted by molar-refractivity contribution is 6.02. The van der Waals surface area contributed by atoms with Gasteiger partial charge >= 0.3 is 5.97 Å². The molecule has 0 aliphatic heterocycles. The van der Waals surface area contributed by atoms with Gasteiger partial charge in [0.15, 0.2) is 0 Å². The predicted octanol–water partition coefficient (Wildman–Crippen LogP) is 3.02. The van der Waals surface area contributed by atoms with Crippen LogP contribution in [0.4, 0.5) is 5.69 Å². The van der Waals surface area contributed by atoms with Gasteiger partial charge in [0.1, 0.15) is 0 Å². The molecular formula is C15H14N2O2. The van der Waals surface area contributed by atoms with Gasteiger partial charge in [-0.05, 0) is 42.3 Å². The highest BCUT2D eigenvalue weighted by atomic mass is 16.4. The average molecular weight is 254 g/mol. The minimum Gasteiger partial charge on any atom is -0.478 e. The Morgan fingerprint density at radius 3 is 2.47 bits per heavy atom. The maximum absolute atomic E-state index is 11.0. The van der Waals surface area contributed by atoms with Crippen LogP contribution in [0.1, 0.15) is 22.8 Å². The zero-order chi connectivity index (χ0) is 14.0. The summed E-state index contributed by atoms with van der Waals surface area (Å²) in [5, 5.41) is 16.7. The highest BCUT2D eigenvalue weighted by Crippen LogP contribution is 2.25. The number of hydrogen-bond acceptors (Lipinski definition) is 3. The molecule has 0 spiro atoms. The number of nitrogens with two attached hydrogens (primary N) is 1. The van der Waals surface area contributed by atoms with E-state index in [4.69, 9.17) is 16.2 Å². The first-order chi connectivity index (χ1) is 8.99. The summed E-state index contributed by atoms with van der Waals surface area (Å²) in [4.78, 5) is 11.0. The Labute approximate surface area is 111 Å². The molecule has 0 unspecified atom stereocenters. The van der Waals surface area contributed by atoms with Crippen molar-refractivity contribution in [2.75, 3.05) is 5.73 Å². The van der Waals surface area contributed by atoms with Gasteiger partial charge in [0, 0.05) is 17.0 Å². The van der Waals surface area contributed by atoms with Gasteiger partial charge in [0.05, 0.1) is 5.56 Å². The fraction of sp³-hybridized carbons (Fsp3) is 0.0667. The molecule has 0 radical (unpaired) electrons. The molecule has 2 aromatic rings. The first-order valence-electron chi connectivity index (χ1n) is 5.78. The largest absolute Gasteiger partial charge is 0.478 e. The van der Waals surface area contributed by atoms with Crippen LogP contribution in [-0.4, -0.2) is 16.8 Å². The van der Waals surface area contributed by atoms with Crippen LogP contribution >= 0.6 is 0 Å². The number of carboxylic acids is 1. The van der Waals surface area contributed by atoms with Gasteiger partial charge in [-0.1, -0.05) is 18.2 Å². The van der Waals surface area contributed by atoms with Gasteiger partial charge in [-0.2, -0.15) is 0 Å². The van der Waals surface area contributed by atoms with Gasteiger partial charge in [0.25, 0.3) is 0 Å². The number of benzene rings is 2. The van der Waals surface area contributed by atoms with E-state index in [2.05, 4.69) is 0 Å². The number of anilines is 1. The third-order valence-electron chi connectivity index (χ3n) is 2.90. The van der Waals surface area contributed by atoms with Crippen molar-refractivity contribution in [1.29, 1.82) is 5.41 Å². The average Bonchev–Trinajstić information content (AvgIpc) is 2.39. The first kappa shape index (κ1) is 12.8. The quantitative estimate of drug-likeness (QED) is 0.581. The number of nitrogen functional groups attached to an aromatic ring is 1. The maximum atomic E-state index is 11.0. The van der Waals surface area contributed by atoms with Crippen LogP contribution in [0.15, 0.2) is 42.5 Å². The van der Waals surface area contributed by atoms with Crippen molar-refractivity contribution in [3.05, 3.63) is 53.6 Å². The third-order valence-corrected chi connectivity index (χ3v) is 2.90. The van der Waals surface area contributed by atoms with Gasteiger partial charge in [-0.3, -0.25) is 0 Å². The molecule has 0 aliphatic rings. The van der Waals surface area contributed by atoms with Crippen LogP contribution in [0, 0.1) is 5.41 Å². The molecule has 0 atom stereocenters. The molecule has 4 N–H and O–H groups in total. The Morgan fingerprint density at radius 1 is 1.16 bits per heavy atom. The summed E-state index contributed by atoms with van der Waals surface area (Å²) in [6, 6.07) is 12.0. The van der Waals surface area contributed by atoms with E-state index in [1.54, 1.807) is 37.3 Å². The van der Waals surface area contributed by atoms with E-state index >= 15 is 0 Å². The molecule has 2 aromatic carbocycles. The second-order valence-corrected chi connectivity index (χ2v) is 4.31. The zero-order valence-corrected chi connectivity index (χ0v) is 10.5. The molecule has 96 valence electrons. The molecule has 2 rings (SSSR count). The van der Waals surface area contributed by atoms with Crippen molar-refractivity contribution in [2.24, 2.45) is 0 Å². The van der Waals surface area contributed by atoms with E-state index in [9.17, 15) is 4.79 Å². The fourth-order valence-electron chi connectivity index (χ4n) is 1.89. The number of carbonyl (C=O) groups is 1. The van der Waals surface area contributed by atoms with E-state index in [0.717, 1.165) is 11.1 Å². The standard InChI is InChI=1S/C15H14N2O2/c1-9(16)13-8-11(5-6-14(13)17)10-3-2-4-12(7-10)15(18)19/h2-8,16H,17H2,1H3,(H,18,19). The summed E-state index contributed by atoms with van der Waals surface area (Å²) in [5.41, 5.74) is 9.29. The molecule has 4 nitrogen and oxygen atoms in total. The van der Waals surface area contributed by atoms with Crippen molar-refractivity contribution in [3.8, 4) is 11.1 Å². The Balaban J connectivity index is 2.53. The topological polar surface area (TPSA) is 87.2 Å². The zero-order valence-electron chi connectivity index (χ0n) is 10.5. The van der Waals surface area contributed by atoms with Gasteiger partial charge < -0.3 is 16.2 Å². The van der Waals surface area contributed by atoms with Crippen molar-refractivity contribution >= 4 is 17.4 Å². The van der Waals surface area contributed by atoms with Gasteiger partial charge in [-0.25, -0.2) is 4.79 Å².